The predicted molar refractivity (Wildman–Crippen MR) is 83.4 cm³/mol. The van der Waals surface area contributed by atoms with Crippen LogP contribution in [0.25, 0.3) is 0 Å². The summed E-state index contributed by atoms with van der Waals surface area (Å²) in [6.07, 6.45) is 6.62. The minimum Gasteiger partial charge on any atom is -0.296 e. The molecule has 22 heavy (non-hydrogen) atoms. The zero-order chi connectivity index (χ0) is 14.9. The van der Waals surface area contributed by atoms with Crippen LogP contribution in [0.2, 0.25) is 5.15 Å². The molecule has 2 aromatic rings. The minimum atomic E-state index is 0.560. The number of hydrogen-bond acceptors (Lipinski definition) is 5. The van der Waals surface area contributed by atoms with Gasteiger partial charge in [0, 0.05) is 44.5 Å². The van der Waals surface area contributed by atoms with Gasteiger partial charge in [-0.2, -0.15) is 15.0 Å². The largest absolute Gasteiger partial charge is 0.296 e. The van der Waals surface area contributed by atoms with Crippen molar-refractivity contribution in [3.8, 4) is 0 Å². The zero-order valence-corrected chi connectivity index (χ0v) is 13.1. The summed E-state index contributed by atoms with van der Waals surface area (Å²) < 4.78 is 0. The summed E-state index contributed by atoms with van der Waals surface area (Å²) in [5.41, 5.74) is 1.24. The Morgan fingerprint density at radius 2 is 1.82 bits per heavy atom. The van der Waals surface area contributed by atoms with Crippen LogP contribution in [-0.4, -0.2) is 61.5 Å². The number of halogens is 1. The molecule has 2 atom stereocenters. The SMILES string of the molecule is Clc1ccc(CN2CC3CC2CN3CCn2nccn2)cn1. The number of likely N-dealkylation sites (tertiary alicyclic amines) is 2. The summed E-state index contributed by atoms with van der Waals surface area (Å²) >= 11 is 5.84. The second-order valence-electron chi connectivity index (χ2n) is 6.08. The number of rotatable bonds is 5. The Balaban J connectivity index is 1.31. The summed E-state index contributed by atoms with van der Waals surface area (Å²) in [6, 6.07) is 5.27. The summed E-state index contributed by atoms with van der Waals surface area (Å²) in [6.45, 7) is 5.16. The van der Waals surface area contributed by atoms with E-state index in [0.717, 1.165) is 32.7 Å². The quantitative estimate of drug-likeness (QED) is 0.777. The monoisotopic (exact) mass is 318 g/mol. The molecular formula is C15H19ClN6. The molecule has 0 aromatic carbocycles. The summed E-state index contributed by atoms with van der Waals surface area (Å²) in [5.74, 6) is 0. The van der Waals surface area contributed by atoms with Crippen molar-refractivity contribution in [1.82, 2.24) is 29.8 Å². The van der Waals surface area contributed by atoms with Gasteiger partial charge in [-0.1, -0.05) is 17.7 Å². The maximum atomic E-state index is 5.84. The molecule has 2 bridgehead atoms. The van der Waals surface area contributed by atoms with E-state index in [4.69, 9.17) is 11.6 Å². The third-order valence-corrected chi connectivity index (χ3v) is 4.92. The average molecular weight is 319 g/mol. The molecule has 2 aliphatic rings. The topological polar surface area (TPSA) is 50.1 Å². The molecule has 4 rings (SSSR count). The van der Waals surface area contributed by atoms with E-state index in [-0.39, 0.29) is 0 Å². The van der Waals surface area contributed by atoms with Crippen molar-refractivity contribution >= 4 is 11.6 Å². The van der Waals surface area contributed by atoms with E-state index in [1.54, 1.807) is 17.2 Å². The second-order valence-corrected chi connectivity index (χ2v) is 6.47. The van der Waals surface area contributed by atoms with Crippen LogP contribution in [0.15, 0.2) is 30.7 Å². The van der Waals surface area contributed by atoms with E-state index < -0.39 is 0 Å². The lowest BCUT2D eigenvalue weighted by atomic mass is 10.2. The third kappa shape index (κ3) is 2.86. The Kier molecular flexibility index (Phi) is 3.82. The first-order valence-electron chi connectivity index (χ1n) is 7.70. The predicted octanol–water partition coefficient (Wildman–Crippen LogP) is 1.29. The molecule has 2 saturated heterocycles. The van der Waals surface area contributed by atoms with Crippen LogP contribution in [-0.2, 0) is 13.1 Å². The Morgan fingerprint density at radius 1 is 1.05 bits per heavy atom. The van der Waals surface area contributed by atoms with Crippen molar-refractivity contribution in [3.05, 3.63) is 41.4 Å². The standard InChI is InChI=1S/C15H19ClN6/c16-15-2-1-12(8-17-15)9-21-11-13-7-14(21)10-20(13)5-6-22-18-3-4-19-22/h1-4,8,13-14H,5-7,9-11H2. The number of pyridine rings is 1. The molecule has 2 unspecified atom stereocenters. The summed E-state index contributed by atoms with van der Waals surface area (Å²) in [4.78, 5) is 11.1. The highest BCUT2D eigenvalue weighted by atomic mass is 35.5. The normalized spacial score (nSPS) is 25.1. The highest BCUT2D eigenvalue weighted by Crippen LogP contribution is 2.31. The van der Waals surface area contributed by atoms with Crippen LogP contribution in [0, 0.1) is 0 Å². The second kappa shape index (κ2) is 5.95. The fourth-order valence-corrected chi connectivity index (χ4v) is 3.72. The van der Waals surface area contributed by atoms with Crippen LogP contribution in [0.4, 0.5) is 0 Å². The first-order chi connectivity index (χ1) is 10.8. The number of hydrogen-bond donors (Lipinski definition) is 0. The molecule has 2 fully saturated rings. The van der Waals surface area contributed by atoms with Crippen molar-refractivity contribution in [1.29, 1.82) is 0 Å². The van der Waals surface area contributed by atoms with Crippen LogP contribution < -0.4 is 0 Å². The average Bonchev–Trinajstić information content (AvgIpc) is 3.23. The number of piperazine rings is 1. The Bertz CT molecular complexity index is 613. The Hall–Kier alpha value is -1.50. The molecule has 2 aromatic heterocycles. The summed E-state index contributed by atoms with van der Waals surface area (Å²) in [7, 11) is 0. The van der Waals surface area contributed by atoms with Crippen LogP contribution in [0.1, 0.15) is 12.0 Å². The number of nitrogens with zero attached hydrogens (tertiary/aromatic N) is 6. The molecular weight excluding hydrogens is 300 g/mol. The molecule has 2 aliphatic heterocycles. The van der Waals surface area contributed by atoms with Crippen LogP contribution in [0.3, 0.4) is 0 Å². The van der Waals surface area contributed by atoms with Gasteiger partial charge < -0.3 is 0 Å². The van der Waals surface area contributed by atoms with Gasteiger partial charge in [0.05, 0.1) is 18.9 Å². The van der Waals surface area contributed by atoms with Gasteiger partial charge in [0.25, 0.3) is 0 Å². The Labute approximate surface area is 134 Å². The van der Waals surface area contributed by atoms with Crippen LogP contribution in [0.5, 0.6) is 0 Å². The number of fused-ring (bicyclic) bond motifs is 2. The van der Waals surface area contributed by atoms with Gasteiger partial charge in [0.2, 0.25) is 0 Å². The van der Waals surface area contributed by atoms with Crippen molar-refractivity contribution < 1.29 is 0 Å². The summed E-state index contributed by atoms with van der Waals surface area (Å²) in [5, 5.41) is 8.90. The lowest BCUT2D eigenvalue weighted by molar-refractivity contribution is 0.118. The van der Waals surface area contributed by atoms with Crippen molar-refractivity contribution in [2.45, 2.75) is 31.6 Å². The highest BCUT2D eigenvalue weighted by molar-refractivity contribution is 6.29. The molecule has 0 amide bonds. The zero-order valence-electron chi connectivity index (χ0n) is 12.3. The maximum Gasteiger partial charge on any atom is 0.129 e. The maximum absolute atomic E-state index is 5.84. The molecule has 0 aliphatic carbocycles. The van der Waals surface area contributed by atoms with Gasteiger partial charge in [-0.15, -0.1) is 0 Å². The first kappa shape index (κ1) is 14.1. The van der Waals surface area contributed by atoms with Crippen LogP contribution >= 0.6 is 11.6 Å². The van der Waals surface area contributed by atoms with Gasteiger partial charge in [-0.3, -0.25) is 9.80 Å². The highest BCUT2D eigenvalue weighted by Gasteiger charge is 2.42. The fourth-order valence-electron chi connectivity index (χ4n) is 3.61. The van der Waals surface area contributed by atoms with E-state index in [9.17, 15) is 0 Å². The molecule has 0 N–H and O–H groups in total. The van der Waals surface area contributed by atoms with Gasteiger partial charge in [-0.25, -0.2) is 4.98 Å². The van der Waals surface area contributed by atoms with Gasteiger partial charge in [0.1, 0.15) is 5.15 Å². The molecule has 6 nitrogen and oxygen atoms in total. The van der Waals surface area contributed by atoms with Gasteiger partial charge in [-0.05, 0) is 18.1 Å². The molecule has 4 heterocycles. The fraction of sp³-hybridized carbons (Fsp3) is 0.533. The Morgan fingerprint density at radius 3 is 2.50 bits per heavy atom. The molecule has 116 valence electrons. The minimum absolute atomic E-state index is 0.560. The van der Waals surface area contributed by atoms with Gasteiger partial charge in [0.15, 0.2) is 0 Å². The lowest BCUT2D eigenvalue weighted by Crippen LogP contribution is -2.46. The van der Waals surface area contributed by atoms with Crippen molar-refractivity contribution in [3.63, 3.8) is 0 Å². The van der Waals surface area contributed by atoms with E-state index in [0.29, 0.717) is 17.2 Å². The van der Waals surface area contributed by atoms with Gasteiger partial charge >= 0.3 is 0 Å². The van der Waals surface area contributed by atoms with E-state index in [1.807, 2.05) is 12.3 Å². The number of aromatic nitrogens is 4. The molecule has 7 heteroatoms. The smallest absolute Gasteiger partial charge is 0.129 e. The molecule has 0 radical (unpaired) electrons. The first-order valence-corrected chi connectivity index (χ1v) is 8.08. The van der Waals surface area contributed by atoms with Crippen molar-refractivity contribution in [2.24, 2.45) is 0 Å². The molecule has 0 spiro atoms. The molecule has 0 saturated carbocycles. The van der Waals surface area contributed by atoms with Crippen molar-refractivity contribution in [2.75, 3.05) is 19.6 Å². The van der Waals surface area contributed by atoms with E-state index >= 15 is 0 Å². The van der Waals surface area contributed by atoms with E-state index in [2.05, 4.69) is 31.0 Å². The third-order valence-electron chi connectivity index (χ3n) is 4.70. The van der Waals surface area contributed by atoms with E-state index in [1.165, 1.54) is 12.0 Å². The lowest BCUT2D eigenvalue weighted by Gasteiger charge is -2.34.